The predicted octanol–water partition coefficient (Wildman–Crippen LogP) is 11.2. The zero-order chi connectivity index (χ0) is 53.1. The van der Waals surface area contributed by atoms with Gasteiger partial charge >= 0.3 is 27.3 Å². The smallest absolute Gasteiger partial charge is 0.437 e. The molecule has 73 heavy (non-hydrogen) atoms. The predicted molar refractivity (Wildman–Crippen MR) is 268 cm³/mol. The van der Waals surface area contributed by atoms with E-state index >= 15 is 0 Å². The first-order chi connectivity index (χ1) is 34.8. The van der Waals surface area contributed by atoms with Crippen molar-refractivity contribution >= 4 is 111 Å². The van der Waals surface area contributed by atoms with Crippen LogP contribution >= 0.6 is 0 Å². The zero-order valence-corrected chi connectivity index (χ0v) is 41.0. The lowest BCUT2D eigenvalue weighted by atomic mass is 10.1. The molecule has 26 heteroatoms. The fourth-order valence-corrected chi connectivity index (χ4v) is 6.80. The van der Waals surface area contributed by atoms with Crippen LogP contribution in [0.1, 0.15) is 17.5 Å². The molecule has 0 aliphatic heterocycles. The van der Waals surface area contributed by atoms with Gasteiger partial charge in [-0.2, -0.15) is 38.8 Å². The third kappa shape index (κ3) is 17.1. The number of methoxy groups -OCH3 is 1. The SMILES string of the molecule is COc1cc(N=Nc2ccc(N=Nc3ccc(N=Nc4ccccc4C)cc3OCCCS(=O)(=O)O)c(C)c2)ccc1N=Nc1ccc2cc([N+](=C=O)c3ccc(N)cc3)ccc2c1O.O=S(=O)=O.O=S(=O)=O. The number of azo groups is 4. The van der Waals surface area contributed by atoms with Crippen molar-refractivity contribution in [2.45, 2.75) is 20.3 Å². The van der Waals surface area contributed by atoms with Crippen LogP contribution in [0.2, 0.25) is 0 Å². The average molecular weight is 1050 g/mol. The Hall–Kier alpha value is -9.07. The quantitative estimate of drug-likeness (QED) is 0.0154. The second-order valence-electron chi connectivity index (χ2n) is 14.8. The van der Waals surface area contributed by atoms with E-state index in [0.29, 0.717) is 79.1 Å². The minimum Gasteiger partial charge on any atom is -0.505 e. The summed E-state index contributed by atoms with van der Waals surface area (Å²) in [6.45, 7) is 3.78. The van der Waals surface area contributed by atoms with Gasteiger partial charge in [-0.05, 0) is 110 Å². The van der Waals surface area contributed by atoms with Crippen molar-refractivity contribution in [3.05, 3.63) is 145 Å². The lowest BCUT2D eigenvalue weighted by molar-refractivity contribution is 0.317. The molecule has 0 saturated carbocycles. The molecule has 0 aromatic heterocycles. The van der Waals surface area contributed by atoms with E-state index in [0.717, 1.165) is 11.1 Å². The lowest BCUT2D eigenvalue weighted by Crippen LogP contribution is -2.08. The molecule has 23 nitrogen and oxygen atoms in total. The highest BCUT2D eigenvalue weighted by Gasteiger charge is 2.17. The molecule has 7 aromatic carbocycles. The first-order valence-corrected chi connectivity index (χ1v) is 24.5. The van der Waals surface area contributed by atoms with Gasteiger partial charge in [-0.1, -0.05) is 28.8 Å². The van der Waals surface area contributed by atoms with E-state index in [9.17, 15) is 18.3 Å². The number of hydrogen-bond acceptors (Lipinski definition) is 21. The van der Waals surface area contributed by atoms with Crippen LogP contribution in [-0.4, -0.2) is 68.9 Å². The van der Waals surface area contributed by atoms with Gasteiger partial charge in [0.15, 0.2) is 5.75 Å². The Labute approximate surface area is 419 Å². The van der Waals surface area contributed by atoms with Crippen molar-refractivity contribution in [3.8, 4) is 17.2 Å². The largest absolute Gasteiger partial charge is 0.505 e. The number of nitrogen functional groups attached to an aromatic ring is 1. The van der Waals surface area contributed by atoms with E-state index in [-0.39, 0.29) is 24.5 Å². The third-order valence-corrected chi connectivity index (χ3v) is 10.6. The molecule has 7 aromatic rings. The van der Waals surface area contributed by atoms with Crippen LogP contribution in [0.5, 0.6) is 17.2 Å². The first-order valence-electron chi connectivity index (χ1n) is 20.9. The highest BCUT2D eigenvalue weighted by Crippen LogP contribution is 2.40. The van der Waals surface area contributed by atoms with E-state index in [2.05, 4.69) is 40.9 Å². The molecule has 0 aliphatic carbocycles. The molecule has 4 N–H and O–H groups in total. The van der Waals surface area contributed by atoms with Crippen molar-refractivity contribution in [2.24, 2.45) is 40.9 Å². The number of isocyanates is 1. The second kappa shape index (κ2) is 26.2. The van der Waals surface area contributed by atoms with Crippen LogP contribution < -0.4 is 19.8 Å². The van der Waals surface area contributed by atoms with Crippen molar-refractivity contribution < 1.29 is 57.6 Å². The van der Waals surface area contributed by atoms with E-state index in [1.54, 1.807) is 109 Å². The van der Waals surface area contributed by atoms with Gasteiger partial charge in [-0.3, -0.25) is 4.55 Å². The van der Waals surface area contributed by atoms with Crippen molar-refractivity contribution in [1.82, 2.24) is 4.58 Å². The van der Waals surface area contributed by atoms with Gasteiger partial charge < -0.3 is 20.3 Å². The van der Waals surface area contributed by atoms with Crippen molar-refractivity contribution in [2.75, 3.05) is 25.2 Å². The number of fused-ring (bicyclic) bond motifs is 1. The lowest BCUT2D eigenvalue weighted by Gasteiger charge is -2.09. The summed E-state index contributed by atoms with van der Waals surface area (Å²) in [5.41, 5.74) is 13.0. The monoisotopic (exact) mass is 1050 g/mol. The molecule has 0 spiro atoms. The van der Waals surface area contributed by atoms with Crippen LogP contribution in [-0.2, 0) is 36.1 Å². The van der Waals surface area contributed by atoms with Crippen LogP contribution in [0.25, 0.3) is 10.8 Å². The van der Waals surface area contributed by atoms with E-state index in [1.165, 1.54) is 11.7 Å². The number of anilines is 1. The number of aromatic hydroxyl groups is 1. The van der Waals surface area contributed by atoms with E-state index < -0.39 is 37.1 Å². The van der Waals surface area contributed by atoms with E-state index in [1.807, 2.05) is 44.2 Å². The fraction of sp³-hybridized carbons (Fsp3) is 0.128. The van der Waals surface area contributed by atoms with Gasteiger partial charge in [0.1, 0.15) is 28.6 Å². The summed E-state index contributed by atoms with van der Waals surface area (Å²) in [5.74, 6) is 0.136. The molecule has 0 heterocycles. The van der Waals surface area contributed by atoms with Gasteiger partial charge in [0.05, 0.1) is 47.9 Å². The van der Waals surface area contributed by atoms with Crippen molar-refractivity contribution in [1.29, 1.82) is 0 Å². The van der Waals surface area contributed by atoms with Gasteiger partial charge in [-0.25, -0.2) is 0 Å². The minimum absolute atomic E-state index is 0.00717. The Morgan fingerprint density at radius 2 is 1.08 bits per heavy atom. The standard InChI is InChI=1S/C47H40N10O7S.2O3S/c1-30-7-4-5-8-40(30)52-51-36-14-22-43(46(28-36)64-23-6-24-65(60,61)62)55-53-41-20-12-34(25-31(41)2)49-50-35-13-21-42(45(27-35)63-3)54-56-44-19-9-32-26-38(17-18-39(32)47(44)59)57(29-58)37-15-10-33(48)11-16-37;2*1-4(2)3/h4-5,7-22,25-28H,6,23-24,48H2,1-3H3,(H-,49,52,54,55,59,60,61,62);;/p+1. The summed E-state index contributed by atoms with van der Waals surface area (Å²) < 4.78 is 95.0. The molecule has 0 saturated heterocycles. The normalized spacial score (nSPS) is 11.2. The van der Waals surface area contributed by atoms with Crippen LogP contribution in [0, 0.1) is 13.8 Å². The molecule has 374 valence electrons. The maximum Gasteiger partial charge on any atom is 0.437 e. The number of carbonyl (C=O) groups excluding carboxylic acids is 1. The number of aryl methyl sites for hydroxylation is 2. The second-order valence-corrected chi connectivity index (χ2v) is 17.2. The Balaban J connectivity index is 0.00000115. The summed E-state index contributed by atoms with van der Waals surface area (Å²) in [7, 11) is -8.88. The van der Waals surface area contributed by atoms with Gasteiger partial charge in [0.25, 0.3) is 10.1 Å². The summed E-state index contributed by atoms with van der Waals surface area (Å²) in [6.07, 6.45) is 1.99. The number of ether oxygens (including phenoxy) is 2. The number of hydrogen-bond donors (Lipinski definition) is 3. The first kappa shape index (κ1) is 54.9. The Morgan fingerprint density at radius 1 is 0.589 bits per heavy atom. The summed E-state index contributed by atoms with van der Waals surface area (Å²) in [5, 5.41) is 47.2. The maximum atomic E-state index is 11.9. The van der Waals surface area contributed by atoms with E-state index in [4.69, 9.17) is 45.0 Å². The molecule has 0 unspecified atom stereocenters. The number of rotatable bonds is 16. The third-order valence-electron chi connectivity index (χ3n) is 9.75. The number of nitrogens with zero attached hydrogens (tertiary/aromatic N) is 9. The Kier molecular flexibility index (Phi) is 19.7. The summed E-state index contributed by atoms with van der Waals surface area (Å²) in [4.78, 5) is 11.9. The number of nitrogens with two attached hydrogens (primary N) is 1. The molecule has 0 bridgehead atoms. The highest BCUT2D eigenvalue weighted by atomic mass is 32.2. The fourth-order valence-electron chi connectivity index (χ4n) is 6.32. The topological polar surface area (TPSA) is 340 Å². The average Bonchev–Trinajstić information content (AvgIpc) is 3.34. The number of phenols is 1. The molecule has 7 rings (SSSR count). The summed E-state index contributed by atoms with van der Waals surface area (Å²) in [6, 6.07) is 38.2. The maximum absolute atomic E-state index is 11.9. The van der Waals surface area contributed by atoms with Crippen LogP contribution in [0.4, 0.5) is 62.6 Å². The molecular formula is C47H41N10O13S3+. The molecule has 0 radical (unpaired) electrons. The number of phenolic OH excluding ortho intramolecular Hbond substituents is 1. The Bertz CT molecular complexity index is 3640. The summed E-state index contributed by atoms with van der Waals surface area (Å²) >= 11 is 0. The minimum atomic E-state index is -4.15. The molecular weight excluding hydrogens is 1010 g/mol. The van der Waals surface area contributed by atoms with Gasteiger partial charge in [0.2, 0.25) is 11.4 Å². The molecule has 0 fully saturated rings. The highest BCUT2D eigenvalue weighted by molar-refractivity contribution is 7.85. The molecule has 0 aliphatic rings. The number of benzene rings is 7. The van der Waals surface area contributed by atoms with Gasteiger partial charge in [0, 0.05) is 47.5 Å². The van der Waals surface area contributed by atoms with Crippen LogP contribution in [0.3, 0.4) is 0 Å². The molecule has 0 amide bonds. The Morgan fingerprint density at radius 3 is 1.67 bits per heavy atom. The molecule has 0 atom stereocenters. The van der Waals surface area contributed by atoms with Crippen molar-refractivity contribution in [3.63, 3.8) is 0 Å². The van der Waals surface area contributed by atoms with Gasteiger partial charge in [-0.15, -0.1) is 40.6 Å². The van der Waals surface area contributed by atoms with Crippen LogP contribution in [0.15, 0.2) is 174 Å². The zero-order valence-electron chi connectivity index (χ0n) is 38.5.